The SMILES string of the molecule is CC(C)(C)c1ccnc(-n2c3[c-]c(Oc4[c-]c(N5[CH-]N(c6c(-c7ccccc7)ccc7c6-c6ccccc6C7(C)C)c6ccccc65)cnc4)ccc3c3ccccc32)c1.[Pt]. The molecule has 0 amide bonds. The summed E-state index contributed by atoms with van der Waals surface area (Å²) in [6.45, 7) is 13.5. The fourth-order valence-corrected chi connectivity index (χ4v) is 9.20. The molecule has 9 aromatic rings. The smallest absolute Gasteiger partial charge is 0.135 e. The molecule has 6 nitrogen and oxygen atoms in total. The van der Waals surface area contributed by atoms with Crippen LogP contribution in [0.1, 0.15) is 51.3 Å². The van der Waals surface area contributed by atoms with E-state index in [0.717, 1.165) is 61.5 Å². The second-order valence-corrected chi connectivity index (χ2v) is 17.2. The van der Waals surface area contributed by atoms with Gasteiger partial charge in [0, 0.05) is 77.9 Å². The number of aromatic nitrogens is 3. The molecule has 0 unspecified atom stereocenters. The van der Waals surface area contributed by atoms with Crippen LogP contribution < -0.4 is 14.5 Å². The molecular formula is C54H42N5OPt-3. The van der Waals surface area contributed by atoms with E-state index in [4.69, 9.17) is 14.7 Å². The van der Waals surface area contributed by atoms with Crippen LogP contribution in [0.5, 0.6) is 11.5 Å². The Kier molecular flexibility index (Phi) is 9.26. The predicted octanol–water partition coefficient (Wildman–Crippen LogP) is 13.6. The van der Waals surface area contributed by atoms with Gasteiger partial charge in [-0.15, -0.1) is 30.3 Å². The predicted molar refractivity (Wildman–Crippen MR) is 244 cm³/mol. The van der Waals surface area contributed by atoms with Crippen molar-refractivity contribution in [2.24, 2.45) is 0 Å². The average molecular weight is 972 g/mol. The van der Waals surface area contributed by atoms with Gasteiger partial charge in [0.1, 0.15) is 5.82 Å². The maximum absolute atomic E-state index is 6.59. The number of benzene rings is 6. The number of anilines is 4. The quantitative estimate of drug-likeness (QED) is 0.155. The van der Waals surface area contributed by atoms with E-state index in [9.17, 15) is 0 Å². The summed E-state index contributed by atoms with van der Waals surface area (Å²) in [5.74, 6) is 1.90. The summed E-state index contributed by atoms with van der Waals surface area (Å²) in [7, 11) is 0. The number of hydrogen-bond donors (Lipinski definition) is 0. The Balaban J connectivity index is 0.00000445. The van der Waals surface area contributed by atoms with Crippen molar-refractivity contribution in [1.82, 2.24) is 14.5 Å². The Morgan fingerprint density at radius 2 is 1.39 bits per heavy atom. The zero-order chi connectivity index (χ0) is 40.8. The molecule has 1 aliphatic carbocycles. The maximum atomic E-state index is 6.59. The van der Waals surface area contributed by atoms with Gasteiger partial charge < -0.3 is 24.1 Å². The third kappa shape index (κ3) is 6.27. The molecule has 0 fully saturated rings. The number of nitrogens with zero attached hydrogens (tertiary/aromatic N) is 5. The molecule has 4 heterocycles. The number of fused-ring (bicyclic) bond motifs is 7. The molecule has 0 atom stereocenters. The monoisotopic (exact) mass is 971 g/mol. The van der Waals surface area contributed by atoms with Crippen molar-refractivity contribution in [1.29, 1.82) is 0 Å². The fraction of sp³-hybridized carbons (Fsp3) is 0.130. The van der Waals surface area contributed by atoms with E-state index in [1.54, 1.807) is 6.20 Å². The van der Waals surface area contributed by atoms with E-state index in [1.807, 2.05) is 18.5 Å². The first-order valence-electron chi connectivity index (χ1n) is 20.5. The van der Waals surface area contributed by atoms with Gasteiger partial charge in [-0.05, 0) is 75.1 Å². The van der Waals surface area contributed by atoms with Crippen LogP contribution in [0, 0.1) is 18.8 Å². The van der Waals surface area contributed by atoms with E-state index < -0.39 is 0 Å². The molecule has 0 saturated carbocycles. The normalized spacial score (nSPS) is 13.9. The molecular weight excluding hydrogens is 930 g/mol. The maximum Gasteiger partial charge on any atom is 0.135 e. The summed E-state index contributed by atoms with van der Waals surface area (Å²) < 4.78 is 8.77. The fourth-order valence-electron chi connectivity index (χ4n) is 9.20. The van der Waals surface area contributed by atoms with Crippen molar-refractivity contribution in [2.75, 3.05) is 9.80 Å². The molecule has 6 aromatic carbocycles. The number of para-hydroxylation sites is 3. The van der Waals surface area contributed by atoms with Crippen LogP contribution in [-0.2, 0) is 31.9 Å². The second kappa shape index (κ2) is 14.6. The van der Waals surface area contributed by atoms with Crippen LogP contribution >= 0.6 is 0 Å². The first kappa shape index (κ1) is 38.7. The van der Waals surface area contributed by atoms with Crippen LogP contribution in [0.2, 0.25) is 0 Å². The first-order chi connectivity index (χ1) is 29.1. The minimum atomic E-state index is -0.153. The van der Waals surface area contributed by atoms with Crippen LogP contribution in [0.3, 0.4) is 0 Å². The molecule has 11 rings (SSSR count). The molecule has 0 saturated heterocycles. The van der Waals surface area contributed by atoms with Crippen molar-refractivity contribution in [3.05, 3.63) is 194 Å². The van der Waals surface area contributed by atoms with Crippen molar-refractivity contribution in [3.63, 3.8) is 0 Å². The van der Waals surface area contributed by atoms with Gasteiger partial charge in [-0.3, -0.25) is 0 Å². The summed E-state index contributed by atoms with van der Waals surface area (Å²) in [5, 5.41) is 2.21. The largest absolute Gasteiger partial charge is 0.508 e. The molecule has 0 bridgehead atoms. The Hall–Kier alpha value is -6.49. The molecule has 0 spiro atoms. The molecule has 1 aliphatic heterocycles. The molecule has 302 valence electrons. The van der Waals surface area contributed by atoms with Gasteiger partial charge in [-0.25, -0.2) is 4.98 Å². The Labute approximate surface area is 371 Å². The van der Waals surface area contributed by atoms with E-state index in [2.05, 4.69) is 201 Å². The average Bonchev–Trinajstić information content (AvgIpc) is 3.89. The van der Waals surface area contributed by atoms with Gasteiger partial charge in [0.05, 0.1) is 0 Å². The minimum Gasteiger partial charge on any atom is -0.508 e. The molecule has 0 radical (unpaired) electrons. The minimum absolute atomic E-state index is 0. The number of rotatable bonds is 6. The van der Waals surface area contributed by atoms with Crippen molar-refractivity contribution >= 4 is 44.6 Å². The summed E-state index contributed by atoms with van der Waals surface area (Å²) in [6, 6.07) is 56.6. The van der Waals surface area contributed by atoms with Gasteiger partial charge in [0.25, 0.3) is 0 Å². The van der Waals surface area contributed by atoms with Gasteiger partial charge in [0.2, 0.25) is 0 Å². The Morgan fingerprint density at radius 1 is 0.656 bits per heavy atom. The number of pyridine rings is 2. The number of ether oxygens (including phenoxy) is 1. The zero-order valence-electron chi connectivity index (χ0n) is 34.5. The van der Waals surface area contributed by atoms with Gasteiger partial charge in [-0.2, -0.15) is 6.07 Å². The van der Waals surface area contributed by atoms with E-state index >= 15 is 0 Å². The summed E-state index contributed by atoms with van der Waals surface area (Å²) in [4.78, 5) is 14.0. The van der Waals surface area contributed by atoms with Crippen LogP contribution in [0.25, 0.3) is 49.9 Å². The molecule has 2 aliphatic rings. The Bertz CT molecular complexity index is 3150. The van der Waals surface area contributed by atoms with Gasteiger partial charge >= 0.3 is 0 Å². The van der Waals surface area contributed by atoms with E-state index in [1.165, 1.54) is 27.8 Å². The molecule has 61 heavy (non-hydrogen) atoms. The standard InChI is InChI=1S/C54H42N5O.Pt/c1-53(2,3)36-27-28-56-50(29-36)59-46-20-12-10-17-41(46)42-24-23-38(31-49(42)59)60-39-30-37(32-55-33-39)57-34-58(48-22-14-13-21-47(48)57)52-40(35-15-7-6-8-16-35)25-26-45-51(52)43-18-9-11-19-44(43)54(45,4)5;/h6-29,32-34H,1-5H3;/q-3;. The third-order valence-electron chi connectivity index (χ3n) is 12.2. The first-order valence-corrected chi connectivity index (χ1v) is 20.5. The van der Waals surface area contributed by atoms with Crippen molar-refractivity contribution in [3.8, 4) is 39.6 Å². The van der Waals surface area contributed by atoms with E-state index in [0.29, 0.717) is 11.5 Å². The van der Waals surface area contributed by atoms with Gasteiger partial charge in [0.15, 0.2) is 0 Å². The Morgan fingerprint density at radius 3 is 2.21 bits per heavy atom. The summed E-state index contributed by atoms with van der Waals surface area (Å²) in [6.07, 6.45) is 5.45. The molecule has 3 aromatic heterocycles. The number of hydrogen-bond acceptors (Lipinski definition) is 5. The topological polar surface area (TPSA) is 46.4 Å². The summed E-state index contributed by atoms with van der Waals surface area (Å²) in [5.41, 5.74) is 14.5. The second-order valence-electron chi connectivity index (χ2n) is 17.2. The van der Waals surface area contributed by atoms with Crippen molar-refractivity contribution in [2.45, 2.75) is 45.4 Å². The summed E-state index contributed by atoms with van der Waals surface area (Å²) >= 11 is 0. The molecule has 7 heteroatoms. The van der Waals surface area contributed by atoms with E-state index in [-0.39, 0.29) is 31.9 Å². The van der Waals surface area contributed by atoms with Crippen molar-refractivity contribution < 1.29 is 25.8 Å². The molecule has 0 N–H and O–H groups in total. The van der Waals surface area contributed by atoms with Crippen LogP contribution in [-0.4, -0.2) is 14.5 Å². The zero-order valence-corrected chi connectivity index (χ0v) is 36.8. The van der Waals surface area contributed by atoms with Crippen LogP contribution in [0.4, 0.5) is 22.7 Å². The third-order valence-corrected chi connectivity index (χ3v) is 12.2. The van der Waals surface area contributed by atoms with Crippen LogP contribution in [0.15, 0.2) is 158 Å². The van der Waals surface area contributed by atoms with Gasteiger partial charge in [-0.1, -0.05) is 149 Å².